The summed E-state index contributed by atoms with van der Waals surface area (Å²) in [4.78, 5) is 15.8. The van der Waals surface area contributed by atoms with Crippen LogP contribution in [0.2, 0.25) is 10.0 Å². The number of hydrogen-bond acceptors (Lipinski definition) is 3. The molecule has 100 valence electrons. The van der Waals surface area contributed by atoms with Gasteiger partial charge in [0.2, 0.25) is 0 Å². The first-order valence-electron chi connectivity index (χ1n) is 5.37. The quantitative estimate of drug-likeness (QED) is 0.823. The average Bonchev–Trinajstić information content (AvgIpc) is 2.42. The number of amides is 1. The van der Waals surface area contributed by atoms with Gasteiger partial charge in [-0.2, -0.15) is 9.99 Å². The molecule has 0 aliphatic carbocycles. The predicted molar refractivity (Wildman–Crippen MR) is 72.7 cm³/mol. The van der Waals surface area contributed by atoms with Crippen LogP contribution < -0.4 is 5.36 Å². The van der Waals surface area contributed by atoms with Crippen LogP contribution >= 0.6 is 23.2 Å². The minimum atomic E-state index is -0.582. The lowest BCUT2D eigenvalue weighted by Gasteiger charge is -2.01. The molecule has 0 aliphatic rings. The molecule has 0 fully saturated rings. The normalized spacial score (nSPS) is 9.85. The van der Waals surface area contributed by atoms with E-state index in [9.17, 15) is 10.0 Å². The number of benzene rings is 1. The predicted octanol–water partition coefficient (Wildman–Crippen LogP) is 2.64. The third-order valence-corrected chi connectivity index (χ3v) is 2.95. The van der Waals surface area contributed by atoms with Gasteiger partial charge in [0.15, 0.2) is 0 Å². The molecule has 0 atom stereocenters. The Kier molecular flexibility index (Phi) is 4.08. The number of nitrogens with zero attached hydrogens (tertiary/aromatic N) is 3. The lowest BCUT2D eigenvalue weighted by atomic mass is 10.1. The van der Waals surface area contributed by atoms with Crippen molar-refractivity contribution in [1.82, 2.24) is 4.73 Å². The zero-order valence-electron chi connectivity index (χ0n) is 9.92. The van der Waals surface area contributed by atoms with Crippen molar-refractivity contribution in [1.29, 1.82) is 5.26 Å². The minimum absolute atomic E-state index is 0.0322. The van der Waals surface area contributed by atoms with E-state index in [4.69, 9.17) is 28.5 Å². The van der Waals surface area contributed by atoms with Crippen LogP contribution in [-0.4, -0.2) is 15.8 Å². The summed E-state index contributed by atoms with van der Waals surface area (Å²) < 4.78 is 0.671. The lowest BCUT2D eigenvalue weighted by Crippen LogP contribution is -2.12. The first-order valence-corrected chi connectivity index (χ1v) is 6.12. The van der Waals surface area contributed by atoms with E-state index in [0.29, 0.717) is 10.3 Å². The van der Waals surface area contributed by atoms with Crippen molar-refractivity contribution in [3.63, 3.8) is 0 Å². The van der Waals surface area contributed by atoms with Gasteiger partial charge in [0, 0.05) is 5.56 Å². The Hall–Kier alpha value is -2.29. The standard InChI is InChI=1S/C13H7Cl2N3O2/c14-10-6-18(20)7-11(15)12(10)17-13(19)9-3-1-2-8(4-9)5-16/h1-4,6-7,20H. The molecule has 0 spiro atoms. The number of nitriles is 1. The summed E-state index contributed by atoms with van der Waals surface area (Å²) in [6.07, 6.45) is 2.32. The summed E-state index contributed by atoms with van der Waals surface area (Å²) in [5.41, 5.74) is 0.599. The van der Waals surface area contributed by atoms with Crippen molar-refractivity contribution < 1.29 is 10.0 Å². The van der Waals surface area contributed by atoms with Gasteiger partial charge in [0.1, 0.15) is 5.36 Å². The van der Waals surface area contributed by atoms with Crippen LogP contribution in [0.15, 0.2) is 41.7 Å². The van der Waals surface area contributed by atoms with E-state index in [-0.39, 0.29) is 21.0 Å². The third kappa shape index (κ3) is 2.99. The number of carbonyl (C=O) groups is 1. The first kappa shape index (κ1) is 14.1. The highest BCUT2D eigenvalue weighted by Crippen LogP contribution is 2.10. The van der Waals surface area contributed by atoms with E-state index in [1.54, 1.807) is 12.1 Å². The molecule has 2 rings (SSSR count). The van der Waals surface area contributed by atoms with Gasteiger partial charge >= 0.3 is 0 Å². The Bertz CT molecular complexity index is 765. The monoisotopic (exact) mass is 307 g/mol. The topological polar surface area (TPSA) is 78.4 Å². The van der Waals surface area contributed by atoms with E-state index in [2.05, 4.69) is 4.99 Å². The molecular formula is C13H7Cl2N3O2. The number of pyridine rings is 1. The molecule has 1 heterocycles. The Morgan fingerprint density at radius 2 is 1.95 bits per heavy atom. The van der Waals surface area contributed by atoms with Gasteiger partial charge in [-0.15, -0.1) is 0 Å². The van der Waals surface area contributed by atoms with E-state index < -0.39 is 5.91 Å². The van der Waals surface area contributed by atoms with Crippen molar-refractivity contribution in [2.75, 3.05) is 0 Å². The summed E-state index contributed by atoms with van der Waals surface area (Å²) in [5.74, 6) is -0.582. The van der Waals surface area contributed by atoms with Crippen LogP contribution in [0, 0.1) is 11.3 Å². The molecule has 0 aliphatic heterocycles. The summed E-state index contributed by atoms with van der Waals surface area (Å²) in [6.45, 7) is 0. The van der Waals surface area contributed by atoms with E-state index in [0.717, 1.165) is 12.4 Å². The number of halogens is 2. The Labute approximate surface area is 123 Å². The Morgan fingerprint density at radius 1 is 1.30 bits per heavy atom. The Morgan fingerprint density at radius 3 is 2.55 bits per heavy atom. The van der Waals surface area contributed by atoms with Crippen molar-refractivity contribution >= 4 is 29.1 Å². The number of hydrogen-bond donors (Lipinski definition) is 1. The Balaban J connectivity index is 2.50. The zero-order chi connectivity index (χ0) is 14.7. The fraction of sp³-hybridized carbons (Fsp3) is 0. The van der Waals surface area contributed by atoms with Gasteiger partial charge in [-0.05, 0) is 18.2 Å². The van der Waals surface area contributed by atoms with E-state index in [1.807, 2.05) is 6.07 Å². The molecule has 5 nitrogen and oxygen atoms in total. The number of rotatable bonds is 1. The van der Waals surface area contributed by atoms with E-state index in [1.165, 1.54) is 12.1 Å². The highest BCUT2D eigenvalue weighted by atomic mass is 35.5. The molecule has 7 heteroatoms. The van der Waals surface area contributed by atoms with Crippen molar-refractivity contribution in [3.8, 4) is 6.07 Å². The summed E-state index contributed by atoms with van der Waals surface area (Å²) >= 11 is 11.7. The maximum atomic E-state index is 12.0. The lowest BCUT2D eigenvalue weighted by molar-refractivity contribution is 0.0998. The molecule has 20 heavy (non-hydrogen) atoms. The number of aromatic nitrogens is 1. The fourth-order valence-electron chi connectivity index (χ4n) is 1.50. The van der Waals surface area contributed by atoms with Crippen LogP contribution in [0.25, 0.3) is 0 Å². The summed E-state index contributed by atoms with van der Waals surface area (Å²) in [7, 11) is 0. The molecule has 0 saturated carbocycles. The number of carbonyl (C=O) groups excluding carboxylic acids is 1. The molecule has 1 N–H and O–H groups in total. The molecule has 0 bridgehead atoms. The largest absolute Gasteiger partial charge is 0.429 e. The van der Waals surface area contributed by atoms with Crippen molar-refractivity contribution in [3.05, 3.63) is 63.2 Å². The molecule has 0 radical (unpaired) electrons. The molecule has 1 aromatic heterocycles. The van der Waals surface area contributed by atoms with Gasteiger partial charge < -0.3 is 5.21 Å². The second kappa shape index (κ2) is 5.78. The van der Waals surface area contributed by atoms with Gasteiger partial charge in [0.25, 0.3) is 5.91 Å². The highest BCUT2D eigenvalue weighted by Gasteiger charge is 2.08. The highest BCUT2D eigenvalue weighted by molar-refractivity contribution is 6.34. The molecule has 0 saturated heterocycles. The van der Waals surface area contributed by atoms with Crippen LogP contribution in [0.3, 0.4) is 0 Å². The molecule has 0 unspecified atom stereocenters. The first-order chi connectivity index (χ1) is 9.51. The van der Waals surface area contributed by atoms with Gasteiger partial charge in [-0.3, -0.25) is 4.79 Å². The summed E-state index contributed by atoms with van der Waals surface area (Å²) in [5, 5.41) is 18.1. The molecule has 1 aromatic carbocycles. The third-order valence-electron chi connectivity index (χ3n) is 2.40. The molecule has 2 aromatic rings. The second-order valence-electron chi connectivity index (χ2n) is 3.79. The molecular weight excluding hydrogens is 301 g/mol. The van der Waals surface area contributed by atoms with Gasteiger partial charge in [-0.1, -0.05) is 29.3 Å². The second-order valence-corrected chi connectivity index (χ2v) is 4.61. The SMILES string of the molecule is N#Cc1cccc(C(=O)N=c2c(Cl)cn(O)cc2Cl)c1. The van der Waals surface area contributed by atoms with Gasteiger partial charge in [-0.25, -0.2) is 4.99 Å². The average molecular weight is 308 g/mol. The maximum absolute atomic E-state index is 12.0. The van der Waals surface area contributed by atoms with Gasteiger partial charge in [0.05, 0.1) is 34.1 Å². The molecule has 1 amide bonds. The fourth-order valence-corrected chi connectivity index (χ4v) is 2.04. The van der Waals surface area contributed by atoms with E-state index >= 15 is 0 Å². The minimum Gasteiger partial charge on any atom is -0.429 e. The van der Waals surface area contributed by atoms with Crippen LogP contribution in [0.4, 0.5) is 0 Å². The zero-order valence-corrected chi connectivity index (χ0v) is 11.4. The smallest absolute Gasteiger partial charge is 0.277 e. The van der Waals surface area contributed by atoms with Crippen molar-refractivity contribution in [2.45, 2.75) is 0 Å². The van der Waals surface area contributed by atoms with Crippen LogP contribution in [-0.2, 0) is 0 Å². The van der Waals surface area contributed by atoms with Crippen LogP contribution in [0.5, 0.6) is 0 Å². The maximum Gasteiger partial charge on any atom is 0.277 e. The van der Waals surface area contributed by atoms with Crippen LogP contribution in [0.1, 0.15) is 15.9 Å². The van der Waals surface area contributed by atoms with Crippen molar-refractivity contribution in [2.24, 2.45) is 4.99 Å². The summed E-state index contributed by atoms with van der Waals surface area (Å²) in [6, 6.07) is 8.04.